The van der Waals surface area contributed by atoms with E-state index in [0.717, 1.165) is 5.71 Å². The van der Waals surface area contributed by atoms with Gasteiger partial charge in [-0.25, -0.2) is 9.59 Å². The molecule has 0 aliphatic rings. The molecular weight excluding hydrogens is 224 g/mol. The molecule has 0 saturated heterocycles. The van der Waals surface area contributed by atoms with Gasteiger partial charge < -0.3 is 4.74 Å². The monoisotopic (exact) mass is 242 g/mol. The van der Waals surface area contributed by atoms with Crippen LogP contribution in [0.15, 0.2) is 17.3 Å². The van der Waals surface area contributed by atoms with E-state index >= 15 is 0 Å². The lowest BCUT2D eigenvalue weighted by atomic mass is 10.2. The Balaban J connectivity index is 3.85. The van der Waals surface area contributed by atoms with Crippen molar-refractivity contribution in [3.8, 4) is 0 Å². The second-order valence-electron chi connectivity index (χ2n) is 3.28. The number of hydrogen-bond acceptors (Lipinski definition) is 5. The minimum atomic E-state index is -0.765. The Bertz CT molecular complexity index is 317. The molecule has 0 saturated carbocycles. The lowest BCUT2D eigenvalue weighted by Gasteiger charge is -2.05. The van der Waals surface area contributed by atoms with Gasteiger partial charge in [-0.3, -0.25) is 10.2 Å². The molecule has 0 aromatic carbocycles. The summed E-state index contributed by atoms with van der Waals surface area (Å²) in [6.07, 6.45) is 0.668. The number of oxime groups is 1. The van der Waals surface area contributed by atoms with Gasteiger partial charge in [-0.1, -0.05) is 25.6 Å². The highest BCUT2D eigenvalue weighted by atomic mass is 16.7. The summed E-state index contributed by atoms with van der Waals surface area (Å²) in [6.45, 7) is 8.47. The molecule has 0 aromatic rings. The number of ether oxygens (including phenoxy) is 1. The van der Waals surface area contributed by atoms with E-state index in [4.69, 9.17) is 0 Å². The van der Waals surface area contributed by atoms with Crippen LogP contribution in [-0.2, 0) is 14.4 Å². The van der Waals surface area contributed by atoms with Gasteiger partial charge in [0.15, 0.2) is 6.73 Å². The van der Waals surface area contributed by atoms with Gasteiger partial charge in [-0.15, -0.1) is 0 Å². The molecule has 0 atom stereocenters. The van der Waals surface area contributed by atoms with Crippen LogP contribution in [0.5, 0.6) is 0 Å². The van der Waals surface area contributed by atoms with Crippen LogP contribution in [0, 0.1) is 0 Å². The van der Waals surface area contributed by atoms with Gasteiger partial charge in [0.1, 0.15) is 0 Å². The van der Waals surface area contributed by atoms with Gasteiger partial charge in [0, 0.05) is 5.57 Å². The number of nitrogens with one attached hydrogen (secondary N) is 1. The Labute approximate surface area is 101 Å². The lowest BCUT2D eigenvalue weighted by molar-refractivity contribution is -0.139. The van der Waals surface area contributed by atoms with Crippen LogP contribution < -0.4 is 5.32 Å². The number of amides is 1. The average molecular weight is 242 g/mol. The molecule has 6 heteroatoms. The average Bonchev–Trinajstić information content (AvgIpc) is 2.30. The predicted octanol–water partition coefficient (Wildman–Crippen LogP) is 1.97. The molecule has 1 amide bonds. The number of nitrogens with zero attached hydrogens (tertiary/aromatic N) is 1. The highest BCUT2D eigenvalue weighted by molar-refractivity contribution is 5.87. The zero-order valence-electron chi connectivity index (χ0n) is 10.4. The van der Waals surface area contributed by atoms with Gasteiger partial charge in [-0.2, -0.15) is 0 Å². The quantitative estimate of drug-likeness (QED) is 0.193. The summed E-state index contributed by atoms with van der Waals surface area (Å²) in [5, 5.41) is 5.86. The molecular formula is C11H18N2O4. The first-order valence-corrected chi connectivity index (χ1v) is 5.34. The highest BCUT2D eigenvalue weighted by Crippen LogP contribution is 1.94. The molecule has 0 fully saturated rings. The number of rotatable bonds is 6. The van der Waals surface area contributed by atoms with Crippen molar-refractivity contribution < 1.29 is 19.2 Å². The molecule has 6 nitrogen and oxygen atoms in total. The minimum absolute atomic E-state index is 0.262. The molecule has 0 unspecified atom stereocenters. The van der Waals surface area contributed by atoms with Crippen molar-refractivity contribution in [2.24, 2.45) is 5.16 Å². The topological polar surface area (TPSA) is 77.0 Å². The Kier molecular flexibility index (Phi) is 7.41. The number of carbonyl (C=O) groups is 2. The second-order valence-corrected chi connectivity index (χ2v) is 3.28. The molecule has 0 heterocycles. The summed E-state index contributed by atoms with van der Waals surface area (Å²) in [5.41, 5.74) is 1.04. The molecule has 96 valence electrons. The van der Waals surface area contributed by atoms with E-state index in [1.165, 1.54) is 6.92 Å². The van der Waals surface area contributed by atoms with E-state index in [1.807, 2.05) is 13.8 Å². The molecule has 0 aromatic heterocycles. The van der Waals surface area contributed by atoms with Crippen LogP contribution in [0.1, 0.15) is 33.6 Å². The highest BCUT2D eigenvalue weighted by Gasteiger charge is 2.05. The van der Waals surface area contributed by atoms with Gasteiger partial charge in [0.25, 0.3) is 0 Å². The fourth-order valence-electron chi connectivity index (χ4n) is 0.801. The van der Waals surface area contributed by atoms with Crippen LogP contribution in [0.2, 0.25) is 0 Å². The summed E-state index contributed by atoms with van der Waals surface area (Å²) < 4.78 is 4.63. The third-order valence-electron chi connectivity index (χ3n) is 1.84. The van der Waals surface area contributed by atoms with Crippen molar-refractivity contribution in [1.82, 2.24) is 5.32 Å². The zero-order chi connectivity index (χ0) is 13.3. The third-order valence-corrected chi connectivity index (χ3v) is 1.84. The normalized spacial score (nSPS) is 9.12. The largest absolute Gasteiger partial charge is 0.441 e. The Morgan fingerprint density at radius 3 is 2.35 bits per heavy atom. The van der Waals surface area contributed by atoms with Crippen LogP contribution in [0.3, 0.4) is 0 Å². The van der Waals surface area contributed by atoms with Gasteiger partial charge in [0.05, 0.1) is 5.71 Å². The summed E-state index contributed by atoms with van der Waals surface area (Å²) in [4.78, 5) is 26.6. The minimum Gasteiger partial charge on any atom is -0.441 e. The molecule has 17 heavy (non-hydrogen) atoms. The van der Waals surface area contributed by atoms with E-state index in [0.29, 0.717) is 12.8 Å². The molecule has 0 aliphatic heterocycles. The van der Waals surface area contributed by atoms with Crippen LogP contribution in [0.25, 0.3) is 0 Å². The van der Waals surface area contributed by atoms with E-state index < -0.39 is 12.1 Å². The van der Waals surface area contributed by atoms with Crippen molar-refractivity contribution in [2.45, 2.75) is 33.6 Å². The maximum absolute atomic E-state index is 11.1. The number of hydrogen-bond donors (Lipinski definition) is 1. The van der Waals surface area contributed by atoms with Crippen molar-refractivity contribution in [2.75, 3.05) is 6.73 Å². The molecule has 0 radical (unpaired) electrons. The Morgan fingerprint density at radius 2 is 1.88 bits per heavy atom. The number of esters is 1. The SMILES string of the molecule is C=C(C)C(=O)OCNC(=O)ON=C(CC)CC. The summed E-state index contributed by atoms with van der Waals surface area (Å²) in [7, 11) is 0. The van der Waals surface area contributed by atoms with Gasteiger partial charge in [0.2, 0.25) is 0 Å². The van der Waals surface area contributed by atoms with Crippen molar-refractivity contribution in [3.05, 3.63) is 12.2 Å². The zero-order valence-corrected chi connectivity index (χ0v) is 10.4. The fourth-order valence-corrected chi connectivity index (χ4v) is 0.801. The van der Waals surface area contributed by atoms with E-state index in [9.17, 15) is 9.59 Å². The van der Waals surface area contributed by atoms with Gasteiger partial charge >= 0.3 is 12.1 Å². The summed E-state index contributed by atoms with van der Waals surface area (Å²) in [5.74, 6) is -0.573. The number of carbonyl (C=O) groups excluding carboxylic acids is 2. The first-order valence-electron chi connectivity index (χ1n) is 5.34. The summed E-state index contributed by atoms with van der Waals surface area (Å²) in [6, 6.07) is 0. The van der Waals surface area contributed by atoms with Gasteiger partial charge in [-0.05, 0) is 19.8 Å². The maximum Gasteiger partial charge on any atom is 0.435 e. The predicted molar refractivity (Wildman–Crippen MR) is 63.4 cm³/mol. The third kappa shape index (κ3) is 7.10. The van der Waals surface area contributed by atoms with Crippen molar-refractivity contribution in [3.63, 3.8) is 0 Å². The lowest BCUT2D eigenvalue weighted by Crippen LogP contribution is -2.27. The first kappa shape index (κ1) is 15.2. The Hall–Kier alpha value is -1.85. The molecule has 0 spiro atoms. The van der Waals surface area contributed by atoms with E-state index in [-0.39, 0.29) is 12.3 Å². The standard InChI is InChI=1S/C11H18N2O4/c1-5-9(6-2)13-17-11(15)12-7-16-10(14)8(3)4/h3,5-7H2,1-2,4H3,(H,12,15). The van der Waals surface area contributed by atoms with Crippen LogP contribution in [-0.4, -0.2) is 24.5 Å². The summed E-state index contributed by atoms with van der Waals surface area (Å²) >= 11 is 0. The van der Waals surface area contributed by atoms with Crippen LogP contribution in [0.4, 0.5) is 4.79 Å². The van der Waals surface area contributed by atoms with Crippen molar-refractivity contribution >= 4 is 17.8 Å². The van der Waals surface area contributed by atoms with E-state index in [2.05, 4.69) is 26.6 Å². The van der Waals surface area contributed by atoms with Crippen molar-refractivity contribution in [1.29, 1.82) is 0 Å². The molecule has 0 aliphatic carbocycles. The first-order chi connectivity index (χ1) is 8.01. The fraction of sp³-hybridized carbons (Fsp3) is 0.545. The molecule has 0 bridgehead atoms. The maximum atomic E-state index is 11.1. The van der Waals surface area contributed by atoms with Crippen LogP contribution >= 0.6 is 0 Å². The second kappa shape index (κ2) is 8.32. The molecule has 0 rings (SSSR count). The Morgan fingerprint density at radius 1 is 1.29 bits per heavy atom. The van der Waals surface area contributed by atoms with E-state index in [1.54, 1.807) is 0 Å². The molecule has 1 N–H and O–H groups in total. The smallest absolute Gasteiger partial charge is 0.435 e.